The van der Waals surface area contributed by atoms with Crippen molar-refractivity contribution in [3.8, 4) is 6.07 Å². The van der Waals surface area contributed by atoms with Crippen LogP contribution >= 0.6 is 15.9 Å². The molecule has 0 unspecified atom stereocenters. The van der Waals surface area contributed by atoms with Crippen LogP contribution in [0, 0.1) is 22.6 Å². The fourth-order valence-corrected chi connectivity index (χ4v) is 1.71. The SMILES string of the molecule is N#CC1(C(=O)Nc2cc(Br)ccc2F)CC1. The molecule has 0 heterocycles. The van der Waals surface area contributed by atoms with Crippen LogP contribution in [0.3, 0.4) is 0 Å². The number of anilines is 1. The molecule has 0 aromatic heterocycles. The van der Waals surface area contributed by atoms with Crippen LogP contribution < -0.4 is 5.32 Å². The highest BCUT2D eigenvalue weighted by atomic mass is 79.9. The third-order valence-corrected chi connectivity index (χ3v) is 3.07. The van der Waals surface area contributed by atoms with Crippen LogP contribution in [0.1, 0.15) is 12.8 Å². The highest BCUT2D eigenvalue weighted by Crippen LogP contribution is 2.45. The van der Waals surface area contributed by atoms with Crippen molar-refractivity contribution in [2.75, 3.05) is 5.32 Å². The van der Waals surface area contributed by atoms with E-state index in [1.165, 1.54) is 12.1 Å². The van der Waals surface area contributed by atoms with Gasteiger partial charge < -0.3 is 5.32 Å². The summed E-state index contributed by atoms with van der Waals surface area (Å²) < 4.78 is 14.0. The monoisotopic (exact) mass is 282 g/mol. The Morgan fingerprint density at radius 3 is 2.81 bits per heavy atom. The summed E-state index contributed by atoms with van der Waals surface area (Å²) in [4.78, 5) is 11.7. The van der Waals surface area contributed by atoms with Crippen molar-refractivity contribution in [1.82, 2.24) is 0 Å². The number of nitrogens with zero attached hydrogens (tertiary/aromatic N) is 1. The Morgan fingerprint density at radius 1 is 1.56 bits per heavy atom. The van der Waals surface area contributed by atoms with Crippen LogP contribution in [0.4, 0.5) is 10.1 Å². The molecular weight excluding hydrogens is 275 g/mol. The van der Waals surface area contributed by atoms with E-state index in [1.54, 1.807) is 6.07 Å². The van der Waals surface area contributed by atoms with E-state index in [2.05, 4.69) is 21.2 Å². The zero-order chi connectivity index (χ0) is 11.8. The summed E-state index contributed by atoms with van der Waals surface area (Å²) in [5.41, 5.74) is -0.838. The van der Waals surface area contributed by atoms with Gasteiger partial charge in [-0.3, -0.25) is 4.79 Å². The maximum atomic E-state index is 13.3. The Labute approximate surface area is 100 Å². The predicted molar refractivity (Wildman–Crippen MR) is 60.0 cm³/mol. The summed E-state index contributed by atoms with van der Waals surface area (Å²) in [5.74, 6) is -0.933. The van der Waals surface area contributed by atoms with Gasteiger partial charge in [0, 0.05) is 4.47 Å². The van der Waals surface area contributed by atoms with E-state index in [1.807, 2.05) is 6.07 Å². The number of hydrogen-bond donors (Lipinski definition) is 1. The number of hydrogen-bond acceptors (Lipinski definition) is 2. The molecule has 1 saturated carbocycles. The van der Waals surface area contributed by atoms with Crippen molar-refractivity contribution in [3.05, 3.63) is 28.5 Å². The summed E-state index contributed by atoms with van der Waals surface area (Å²) in [6.45, 7) is 0. The summed E-state index contributed by atoms with van der Waals surface area (Å²) in [5, 5.41) is 11.3. The Balaban J connectivity index is 2.19. The molecule has 1 N–H and O–H groups in total. The lowest BCUT2D eigenvalue weighted by molar-refractivity contribution is -0.119. The predicted octanol–water partition coefficient (Wildman–Crippen LogP) is 2.83. The van der Waals surface area contributed by atoms with Gasteiger partial charge in [-0.1, -0.05) is 15.9 Å². The lowest BCUT2D eigenvalue weighted by Crippen LogP contribution is -2.23. The smallest absolute Gasteiger partial charge is 0.244 e. The fraction of sp³-hybridized carbons (Fsp3) is 0.273. The minimum Gasteiger partial charge on any atom is -0.322 e. The highest BCUT2D eigenvalue weighted by Gasteiger charge is 2.50. The Hall–Kier alpha value is -1.41. The van der Waals surface area contributed by atoms with Gasteiger partial charge in [0.15, 0.2) is 0 Å². The number of benzene rings is 1. The highest BCUT2D eigenvalue weighted by molar-refractivity contribution is 9.10. The zero-order valence-corrected chi connectivity index (χ0v) is 9.84. The van der Waals surface area contributed by atoms with Crippen molar-refractivity contribution in [2.24, 2.45) is 5.41 Å². The lowest BCUT2D eigenvalue weighted by Gasteiger charge is -2.09. The second kappa shape index (κ2) is 3.87. The number of nitrogens with one attached hydrogen (secondary N) is 1. The van der Waals surface area contributed by atoms with Gasteiger partial charge in [0.2, 0.25) is 5.91 Å². The molecule has 0 atom stereocenters. The molecule has 0 saturated heterocycles. The van der Waals surface area contributed by atoms with Crippen LogP contribution in [0.15, 0.2) is 22.7 Å². The minimum absolute atomic E-state index is 0.0981. The van der Waals surface area contributed by atoms with Crippen molar-refractivity contribution in [1.29, 1.82) is 5.26 Å². The van der Waals surface area contributed by atoms with Gasteiger partial charge in [0.1, 0.15) is 11.2 Å². The Kier molecular flexibility index (Phi) is 2.68. The van der Waals surface area contributed by atoms with Crippen LogP contribution in [0.5, 0.6) is 0 Å². The first-order valence-electron chi connectivity index (χ1n) is 4.75. The van der Waals surface area contributed by atoms with E-state index in [4.69, 9.17) is 5.26 Å². The Bertz CT molecular complexity index is 491. The van der Waals surface area contributed by atoms with Crippen LogP contribution in [-0.2, 0) is 4.79 Å². The van der Waals surface area contributed by atoms with Crippen LogP contribution in [-0.4, -0.2) is 5.91 Å². The summed E-state index contributed by atoms with van der Waals surface area (Å²) in [6.07, 6.45) is 1.09. The third-order valence-electron chi connectivity index (χ3n) is 2.58. The molecule has 1 aromatic carbocycles. The molecule has 0 spiro atoms. The summed E-state index contributed by atoms with van der Waals surface area (Å²) in [7, 11) is 0. The molecule has 1 aromatic rings. The van der Waals surface area contributed by atoms with Gasteiger partial charge >= 0.3 is 0 Å². The topological polar surface area (TPSA) is 52.9 Å². The minimum atomic E-state index is -0.936. The molecule has 0 bridgehead atoms. The van der Waals surface area contributed by atoms with Crippen molar-refractivity contribution in [3.63, 3.8) is 0 Å². The number of nitriles is 1. The van der Waals surface area contributed by atoms with E-state index >= 15 is 0 Å². The quantitative estimate of drug-likeness (QED) is 0.907. The van der Waals surface area contributed by atoms with Gasteiger partial charge in [0.25, 0.3) is 0 Å². The number of halogens is 2. The normalized spacial score (nSPS) is 16.3. The maximum Gasteiger partial charge on any atom is 0.244 e. The van der Waals surface area contributed by atoms with Gasteiger partial charge in [-0.25, -0.2) is 4.39 Å². The number of carbonyl (C=O) groups excluding carboxylic acids is 1. The molecule has 1 fully saturated rings. The first-order valence-corrected chi connectivity index (χ1v) is 5.54. The van der Waals surface area contributed by atoms with E-state index in [-0.39, 0.29) is 5.69 Å². The van der Waals surface area contributed by atoms with Crippen LogP contribution in [0.2, 0.25) is 0 Å². The average molecular weight is 283 g/mol. The fourth-order valence-electron chi connectivity index (χ4n) is 1.35. The molecule has 5 heteroatoms. The van der Waals surface area contributed by atoms with Crippen LogP contribution in [0.25, 0.3) is 0 Å². The van der Waals surface area contributed by atoms with E-state index < -0.39 is 17.1 Å². The third kappa shape index (κ3) is 1.93. The second-order valence-electron chi connectivity index (χ2n) is 3.77. The Morgan fingerprint density at radius 2 is 2.25 bits per heavy atom. The van der Waals surface area contributed by atoms with E-state index in [9.17, 15) is 9.18 Å². The van der Waals surface area contributed by atoms with Gasteiger partial charge in [-0.05, 0) is 31.0 Å². The molecule has 1 aliphatic carbocycles. The largest absolute Gasteiger partial charge is 0.322 e. The first-order chi connectivity index (χ1) is 7.57. The average Bonchev–Trinajstić information content (AvgIpc) is 3.04. The molecule has 2 rings (SSSR count). The molecule has 82 valence electrons. The summed E-state index contributed by atoms with van der Waals surface area (Å²) in [6, 6.07) is 6.23. The number of carbonyl (C=O) groups is 1. The van der Waals surface area contributed by atoms with E-state index in [0.717, 1.165) is 0 Å². The molecule has 1 amide bonds. The number of rotatable bonds is 2. The van der Waals surface area contributed by atoms with Crippen molar-refractivity contribution in [2.45, 2.75) is 12.8 Å². The van der Waals surface area contributed by atoms with Gasteiger partial charge in [-0.15, -0.1) is 0 Å². The molecule has 3 nitrogen and oxygen atoms in total. The zero-order valence-electron chi connectivity index (χ0n) is 8.26. The van der Waals surface area contributed by atoms with E-state index in [0.29, 0.717) is 17.3 Å². The molecule has 0 aliphatic heterocycles. The van der Waals surface area contributed by atoms with Crippen molar-refractivity contribution >= 4 is 27.5 Å². The second-order valence-corrected chi connectivity index (χ2v) is 4.69. The first kappa shape index (κ1) is 11.1. The van der Waals surface area contributed by atoms with Gasteiger partial charge in [-0.2, -0.15) is 5.26 Å². The summed E-state index contributed by atoms with van der Waals surface area (Å²) >= 11 is 3.19. The molecule has 0 radical (unpaired) electrons. The number of amides is 1. The molecular formula is C11H8BrFN2O. The van der Waals surface area contributed by atoms with Crippen molar-refractivity contribution < 1.29 is 9.18 Å². The molecule has 1 aliphatic rings. The lowest BCUT2D eigenvalue weighted by atomic mass is 10.1. The maximum absolute atomic E-state index is 13.3. The van der Waals surface area contributed by atoms with Gasteiger partial charge in [0.05, 0.1) is 11.8 Å². The standard InChI is InChI=1S/C11H8BrFN2O/c12-7-1-2-8(13)9(5-7)15-10(16)11(6-14)3-4-11/h1-2,5H,3-4H2,(H,15,16). The molecule has 16 heavy (non-hydrogen) atoms.